The molecule has 11 rings (SSSR count). The first-order valence-corrected chi connectivity index (χ1v) is 18.5. The fourth-order valence-corrected chi connectivity index (χ4v) is 8.27. The highest BCUT2D eigenvalue weighted by atomic mass is 16.3. The van der Waals surface area contributed by atoms with Gasteiger partial charge >= 0.3 is 0 Å². The Bertz CT molecular complexity index is 3210. The lowest BCUT2D eigenvalue weighted by atomic mass is 9.97. The Morgan fingerprint density at radius 2 is 0.685 bits per heavy atom. The summed E-state index contributed by atoms with van der Waals surface area (Å²) in [5, 5.41) is 12.3. The Labute approximate surface area is 312 Å². The molecule has 0 bridgehead atoms. The number of benzene rings is 10. The molecule has 1 aromatic heterocycles. The van der Waals surface area contributed by atoms with Crippen molar-refractivity contribution >= 4 is 82.1 Å². The van der Waals surface area contributed by atoms with E-state index >= 15 is 0 Å². The lowest BCUT2D eigenvalue weighted by molar-refractivity contribution is 0.669. The molecule has 1 heterocycles. The van der Waals surface area contributed by atoms with Crippen LogP contribution in [0.3, 0.4) is 0 Å². The maximum Gasteiger partial charge on any atom is 0.136 e. The van der Waals surface area contributed by atoms with E-state index in [0.717, 1.165) is 50.1 Å². The smallest absolute Gasteiger partial charge is 0.136 e. The SMILES string of the molecule is c1ccc2c(c1)ccc1ccc(-c3ccc(N(c4ccc(-c5ccc6c(c5)oc5ccccc56)cc4)c4ccc5ccc6ccccc6c5c4)cc3)cc12. The summed E-state index contributed by atoms with van der Waals surface area (Å²) in [6.45, 7) is 0. The van der Waals surface area contributed by atoms with E-state index in [1.54, 1.807) is 0 Å². The van der Waals surface area contributed by atoms with Crippen molar-refractivity contribution in [3.05, 3.63) is 200 Å². The molecule has 2 nitrogen and oxygen atoms in total. The minimum Gasteiger partial charge on any atom is -0.456 e. The van der Waals surface area contributed by atoms with E-state index in [9.17, 15) is 0 Å². The van der Waals surface area contributed by atoms with E-state index < -0.39 is 0 Å². The summed E-state index contributed by atoms with van der Waals surface area (Å²) in [7, 11) is 0. The second-order valence-corrected chi connectivity index (χ2v) is 14.2. The van der Waals surface area contributed by atoms with Gasteiger partial charge in [-0.1, -0.05) is 140 Å². The molecule has 0 unspecified atom stereocenters. The number of hydrogen-bond acceptors (Lipinski definition) is 2. The van der Waals surface area contributed by atoms with Crippen molar-refractivity contribution in [3.8, 4) is 22.3 Å². The Morgan fingerprint density at radius 1 is 0.259 bits per heavy atom. The first-order valence-electron chi connectivity index (χ1n) is 18.5. The molecule has 0 aliphatic heterocycles. The Kier molecular flexibility index (Phi) is 6.90. The van der Waals surface area contributed by atoms with Gasteiger partial charge in [0.05, 0.1) is 0 Å². The molecule has 0 fully saturated rings. The maximum absolute atomic E-state index is 6.23. The van der Waals surface area contributed by atoms with Crippen molar-refractivity contribution in [3.63, 3.8) is 0 Å². The predicted octanol–water partition coefficient (Wildman–Crippen LogP) is 15.0. The van der Waals surface area contributed by atoms with Crippen LogP contribution in [0.5, 0.6) is 0 Å². The molecule has 2 heteroatoms. The average Bonchev–Trinajstić information content (AvgIpc) is 3.62. The molecule has 0 amide bonds. The summed E-state index contributed by atoms with van der Waals surface area (Å²) < 4.78 is 6.23. The van der Waals surface area contributed by atoms with Crippen LogP contribution >= 0.6 is 0 Å². The van der Waals surface area contributed by atoms with Crippen LogP contribution in [0.25, 0.3) is 87.3 Å². The van der Waals surface area contributed by atoms with E-state index in [-0.39, 0.29) is 0 Å². The number of hydrogen-bond donors (Lipinski definition) is 0. The zero-order valence-electron chi connectivity index (χ0n) is 29.4. The number of furan rings is 1. The lowest BCUT2D eigenvalue weighted by Gasteiger charge is -2.26. The molecule has 10 aromatic carbocycles. The van der Waals surface area contributed by atoms with Crippen molar-refractivity contribution in [1.29, 1.82) is 0 Å². The van der Waals surface area contributed by atoms with Crippen LogP contribution < -0.4 is 4.90 Å². The summed E-state index contributed by atoms with van der Waals surface area (Å²) in [5.74, 6) is 0. The molecule has 0 N–H and O–H groups in total. The highest BCUT2D eigenvalue weighted by molar-refractivity contribution is 6.10. The third-order valence-corrected chi connectivity index (χ3v) is 11.0. The van der Waals surface area contributed by atoms with Crippen molar-refractivity contribution < 1.29 is 4.42 Å². The van der Waals surface area contributed by atoms with Crippen molar-refractivity contribution in [1.82, 2.24) is 0 Å². The van der Waals surface area contributed by atoms with Crippen molar-refractivity contribution in [2.24, 2.45) is 0 Å². The van der Waals surface area contributed by atoms with Gasteiger partial charge in [0.2, 0.25) is 0 Å². The van der Waals surface area contributed by atoms with Crippen molar-refractivity contribution in [2.45, 2.75) is 0 Å². The molecule has 0 saturated carbocycles. The van der Waals surface area contributed by atoms with Crippen LogP contribution in [-0.4, -0.2) is 0 Å². The van der Waals surface area contributed by atoms with E-state index in [4.69, 9.17) is 4.42 Å². The monoisotopic (exact) mass is 687 g/mol. The van der Waals surface area contributed by atoms with Crippen LogP contribution in [-0.2, 0) is 0 Å². The molecule has 54 heavy (non-hydrogen) atoms. The lowest BCUT2D eigenvalue weighted by Crippen LogP contribution is -2.09. The minimum absolute atomic E-state index is 0.905. The molecule has 252 valence electrons. The second kappa shape index (κ2) is 12.2. The first-order chi connectivity index (χ1) is 26.7. The van der Waals surface area contributed by atoms with Crippen molar-refractivity contribution in [2.75, 3.05) is 4.90 Å². The summed E-state index contributed by atoms with van der Waals surface area (Å²) in [6.07, 6.45) is 0. The fourth-order valence-electron chi connectivity index (χ4n) is 8.27. The molecule has 0 aliphatic rings. The van der Waals surface area contributed by atoms with Crippen LogP contribution in [0.1, 0.15) is 0 Å². The normalized spacial score (nSPS) is 11.7. The fraction of sp³-hybridized carbons (Fsp3) is 0. The highest BCUT2D eigenvalue weighted by Crippen LogP contribution is 2.40. The summed E-state index contributed by atoms with van der Waals surface area (Å²) in [6, 6.07) is 72.4. The zero-order chi connectivity index (χ0) is 35.6. The summed E-state index contributed by atoms with van der Waals surface area (Å²) >= 11 is 0. The number of anilines is 3. The Balaban J connectivity index is 1.01. The van der Waals surface area contributed by atoms with Crippen LogP contribution in [0, 0.1) is 0 Å². The van der Waals surface area contributed by atoms with Crippen LogP contribution in [0.2, 0.25) is 0 Å². The molecule has 0 atom stereocenters. The van der Waals surface area contributed by atoms with Gasteiger partial charge in [-0.05, 0) is 126 Å². The largest absolute Gasteiger partial charge is 0.456 e. The maximum atomic E-state index is 6.23. The van der Waals surface area contributed by atoms with Gasteiger partial charge in [-0.25, -0.2) is 0 Å². The quantitative estimate of drug-likeness (QED) is 0.168. The Morgan fingerprint density at radius 3 is 1.33 bits per heavy atom. The molecule has 11 aromatic rings. The van der Waals surface area contributed by atoms with E-state index in [2.05, 4.69) is 193 Å². The van der Waals surface area contributed by atoms with Gasteiger partial charge in [0.25, 0.3) is 0 Å². The highest BCUT2D eigenvalue weighted by Gasteiger charge is 2.16. The zero-order valence-corrected chi connectivity index (χ0v) is 29.4. The van der Waals surface area contributed by atoms with E-state index in [0.29, 0.717) is 0 Å². The van der Waals surface area contributed by atoms with Gasteiger partial charge in [-0.3, -0.25) is 0 Å². The number of nitrogens with zero attached hydrogens (tertiary/aromatic N) is 1. The van der Waals surface area contributed by atoms with Gasteiger partial charge in [0, 0.05) is 27.8 Å². The Hall–Kier alpha value is -7.16. The molecule has 0 aliphatic carbocycles. The average molecular weight is 688 g/mol. The van der Waals surface area contributed by atoms with Gasteiger partial charge in [0.1, 0.15) is 11.2 Å². The molecule has 0 radical (unpaired) electrons. The topological polar surface area (TPSA) is 16.4 Å². The molecule has 0 saturated heterocycles. The standard InChI is InChI=1S/C52H33NO/c1-3-9-45-36(7-1)13-15-38-17-18-40(31-49(38)45)34-19-25-42(26-20-34)53(44-29-23-39-16-14-37-8-2-4-10-46(37)50(39)33-44)43-27-21-35(22-28-43)41-24-30-48-47-11-5-6-12-51(47)54-52(48)32-41/h1-33H. The molecule has 0 spiro atoms. The third kappa shape index (κ3) is 5.03. The summed E-state index contributed by atoms with van der Waals surface area (Å²) in [4.78, 5) is 2.37. The van der Waals surface area contributed by atoms with Crippen LogP contribution in [0.4, 0.5) is 17.1 Å². The van der Waals surface area contributed by atoms with Gasteiger partial charge in [-0.2, -0.15) is 0 Å². The minimum atomic E-state index is 0.905. The van der Waals surface area contributed by atoms with Gasteiger partial charge in [0.15, 0.2) is 0 Å². The van der Waals surface area contributed by atoms with Gasteiger partial charge in [-0.15, -0.1) is 0 Å². The second-order valence-electron chi connectivity index (χ2n) is 14.2. The molecular formula is C52H33NO. The van der Waals surface area contributed by atoms with Crippen LogP contribution in [0.15, 0.2) is 205 Å². The number of rotatable bonds is 5. The third-order valence-electron chi connectivity index (χ3n) is 11.0. The van der Waals surface area contributed by atoms with E-state index in [1.165, 1.54) is 54.2 Å². The number of para-hydroxylation sites is 1. The van der Waals surface area contributed by atoms with Gasteiger partial charge < -0.3 is 9.32 Å². The first kappa shape index (κ1) is 30.5. The molecular weight excluding hydrogens is 655 g/mol. The predicted molar refractivity (Wildman–Crippen MR) is 229 cm³/mol. The van der Waals surface area contributed by atoms with E-state index in [1.807, 2.05) is 12.1 Å². The number of fused-ring (bicyclic) bond motifs is 9. The summed E-state index contributed by atoms with van der Waals surface area (Å²) in [5.41, 5.74) is 9.79.